The lowest BCUT2D eigenvalue weighted by atomic mass is 9.95. The average molecular weight is 392 g/mol. The zero-order valence-corrected chi connectivity index (χ0v) is 17.0. The molecule has 29 heavy (non-hydrogen) atoms. The normalized spacial score (nSPS) is 11.3. The first-order chi connectivity index (χ1) is 13.9. The highest BCUT2D eigenvalue weighted by molar-refractivity contribution is 5.88. The van der Waals surface area contributed by atoms with E-state index in [2.05, 4.69) is 13.8 Å². The summed E-state index contributed by atoms with van der Waals surface area (Å²) in [6, 6.07) is 12.6. The lowest BCUT2D eigenvalue weighted by molar-refractivity contribution is -0.138. The highest BCUT2D eigenvalue weighted by Gasteiger charge is 2.12. The van der Waals surface area contributed by atoms with Crippen LogP contribution in [0.1, 0.15) is 42.0 Å². The van der Waals surface area contributed by atoms with E-state index in [-0.39, 0.29) is 6.61 Å². The van der Waals surface area contributed by atoms with Gasteiger partial charge < -0.3 is 13.9 Å². The van der Waals surface area contributed by atoms with Crippen LogP contribution in [0, 0.1) is 6.92 Å². The minimum absolute atomic E-state index is 0.0161. The largest absolute Gasteiger partial charge is 0.496 e. The van der Waals surface area contributed by atoms with E-state index in [0.717, 1.165) is 22.1 Å². The van der Waals surface area contributed by atoms with Crippen molar-refractivity contribution in [2.75, 3.05) is 7.11 Å². The van der Waals surface area contributed by atoms with Gasteiger partial charge in [0.2, 0.25) is 0 Å². The van der Waals surface area contributed by atoms with E-state index in [1.807, 2.05) is 43.3 Å². The van der Waals surface area contributed by atoms with E-state index in [9.17, 15) is 9.59 Å². The van der Waals surface area contributed by atoms with Gasteiger partial charge in [-0.3, -0.25) is 0 Å². The molecule has 5 heteroatoms. The van der Waals surface area contributed by atoms with Gasteiger partial charge >= 0.3 is 11.6 Å². The zero-order chi connectivity index (χ0) is 21.0. The van der Waals surface area contributed by atoms with Crippen LogP contribution in [-0.4, -0.2) is 13.1 Å². The topological polar surface area (TPSA) is 65.7 Å². The van der Waals surface area contributed by atoms with Crippen molar-refractivity contribution < 1.29 is 18.7 Å². The van der Waals surface area contributed by atoms with Crippen LogP contribution in [0.3, 0.4) is 0 Å². The Kier molecular flexibility index (Phi) is 6.17. The number of para-hydroxylation sites is 1. The minimum atomic E-state index is -0.506. The number of carbonyl (C=O) groups is 1. The molecule has 0 bridgehead atoms. The summed E-state index contributed by atoms with van der Waals surface area (Å²) in [6.45, 7) is 6.19. The molecule has 1 heterocycles. The number of benzene rings is 2. The number of aryl methyl sites for hydroxylation is 1. The van der Waals surface area contributed by atoms with Crippen LogP contribution < -0.4 is 10.4 Å². The lowest BCUT2D eigenvalue weighted by Crippen LogP contribution is -2.06. The van der Waals surface area contributed by atoms with Crippen LogP contribution >= 0.6 is 0 Å². The number of methoxy groups -OCH3 is 1. The van der Waals surface area contributed by atoms with Gasteiger partial charge in [0.15, 0.2) is 0 Å². The Balaban J connectivity index is 1.82. The molecule has 2 aromatic carbocycles. The van der Waals surface area contributed by atoms with Crippen LogP contribution in [0.5, 0.6) is 5.75 Å². The molecule has 0 N–H and O–H groups in total. The third kappa shape index (κ3) is 4.74. The van der Waals surface area contributed by atoms with Gasteiger partial charge in [0.25, 0.3) is 0 Å². The van der Waals surface area contributed by atoms with Crippen molar-refractivity contribution in [2.24, 2.45) is 0 Å². The van der Waals surface area contributed by atoms with Gasteiger partial charge in [0, 0.05) is 28.7 Å². The fraction of sp³-hybridized carbons (Fsp3) is 0.250. The Morgan fingerprint density at radius 3 is 2.66 bits per heavy atom. The van der Waals surface area contributed by atoms with E-state index >= 15 is 0 Å². The summed E-state index contributed by atoms with van der Waals surface area (Å²) in [5, 5.41) is 0.778. The molecule has 0 aliphatic rings. The monoisotopic (exact) mass is 392 g/mol. The smallest absolute Gasteiger partial charge is 0.336 e. The van der Waals surface area contributed by atoms with Crippen LogP contribution in [-0.2, 0) is 16.1 Å². The first-order valence-electron chi connectivity index (χ1n) is 9.44. The van der Waals surface area contributed by atoms with E-state index in [0.29, 0.717) is 22.8 Å². The van der Waals surface area contributed by atoms with Gasteiger partial charge in [-0.15, -0.1) is 0 Å². The molecular formula is C24H24O5. The minimum Gasteiger partial charge on any atom is -0.496 e. The summed E-state index contributed by atoms with van der Waals surface area (Å²) < 4.78 is 16.0. The van der Waals surface area contributed by atoms with E-state index in [1.165, 1.54) is 12.1 Å². The summed E-state index contributed by atoms with van der Waals surface area (Å²) in [5.41, 5.74) is 3.64. The van der Waals surface area contributed by atoms with E-state index in [1.54, 1.807) is 13.2 Å². The molecule has 3 rings (SSSR count). The van der Waals surface area contributed by atoms with Crippen molar-refractivity contribution in [1.82, 2.24) is 0 Å². The molecule has 0 spiro atoms. The summed E-state index contributed by atoms with van der Waals surface area (Å²) in [5.74, 6) is 0.485. The van der Waals surface area contributed by atoms with Gasteiger partial charge in [-0.1, -0.05) is 32.0 Å². The van der Waals surface area contributed by atoms with Crippen molar-refractivity contribution >= 4 is 23.0 Å². The van der Waals surface area contributed by atoms with Crippen LogP contribution in [0.25, 0.3) is 17.0 Å². The zero-order valence-electron chi connectivity index (χ0n) is 17.0. The Morgan fingerprint density at radius 2 is 1.93 bits per heavy atom. The molecule has 0 aliphatic heterocycles. The first-order valence-corrected chi connectivity index (χ1v) is 9.44. The van der Waals surface area contributed by atoms with Crippen LogP contribution in [0.4, 0.5) is 0 Å². The fourth-order valence-corrected chi connectivity index (χ4v) is 3.29. The van der Waals surface area contributed by atoms with Crippen LogP contribution in [0.2, 0.25) is 0 Å². The maximum absolute atomic E-state index is 12.2. The Morgan fingerprint density at radius 1 is 1.17 bits per heavy atom. The quantitative estimate of drug-likeness (QED) is 0.336. The summed E-state index contributed by atoms with van der Waals surface area (Å²) in [6.07, 6.45) is 2.98. The van der Waals surface area contributed by atoms with Gasteiger partial charge in [-0.05, 0) is 48.2 Å². The Hall–Kier alpha value is -3.34. The summed E-state index contributed by atoms with van der Waals surface area (Å²) >= 11 is 0. The molecule has 0 radical (unpaired) electrons. The van der Waals surface area contributed by atoms with Crippen LogP contribution in [0.15, 0.2) is 57.8 Å². The number of esters is 1. The molecule has 0 amide bonds. The molecule has 0 saturated heterocycles. The van der Waals surface area contributed by atoms with E-state index in [4.69, 9.17) is 13.9 Å². The Labute approximate surface area is 169 Å². The van der Waals surface area contributed by atoms with Gasteiger partial charge in [-0.25, -0.2) is 9.59 Å². The maximum Gasteiger partial charge on any atom is 0.336 e. The molecule has 5 nitrogen and oxygen atoms in total. The molecule has 0 unspecified atom stereocenters. The SMILES string of the molecule is COc1ccccc1C=CC(=O)OCc1cc(=O)oc2cc(C)c(C(C)C)cc12. The third-order valence-corrected chi connectivity index (χ3v) is 4.75. The predicted octanol–water partition coefficient (Wildman–Crippen LogP) is 4.99. The first kappa shape index (κ1) is 20.4. The number of rotatable bonds is 6. The number of fused-ring (bicyclic) bond motifs is 1. The van der Waals surface area contributed by atoms with Gasteiger partial charge in [0.05, 0.1) is 7.11 Å². The van der Waals surface area contributed by atoms with Crippen molar-refractivity contribution in [3.63, 3.8) is 0 Å². The highest BCUT2D eigenvalue weighted by atomic mass is 16.5. The number of carbonyl (C=O) groups excluding carboxylic acids is 1. The van der Waals surface area contributed by atoms with Crippen molar-refractivity contribution in [2.45, 2.75) is 33.3 Å². The molecule has 150 valence electrons. The molecule has 0 aliphatic carbocycles. The van der Waals surface area contributed by atoms with Crippen molar-refractivity contribution in [3.8, 4) is 5.75 Å². The summed E-state index contributed by atoms with van der Waals surface area (Å²) in [7, 11) is 1.57. The lowest BCUT2D eigenvalue weighted by Gasteiger charge is -2.13. The standard InChI is InChI=1S/C24H24O5/c1-15(2)19-13-20-18(12-24(26)29-22(20)11-16(19)3)14-28-23(25)10-9-17-7-5-6-8-21(17)27-4/h5-13,15H,14H2,1-4H3. The third-order valence-electron chi connectivity index (χ3n) is 4.75. The average Bonchev–Trinajstić information content (AvgIpc) is 2.69. The molecule has 0 fully saturated rings. The fourth-order valence-electron chi connectivity index (χ4n) is 3.29. The molecule has 0 saturated carbocycles. The molecular weight excluding hydrogens is 368 g/mol. The second kappa shape index (κ2) is 8.78. The Bertz CT molecular complexity index is 1120. The second-order valence-corrected chi connectivity index (χ2v) is 7.13. The highest BCUT2D eigenvalue weighted by Crippen LogP contribution is 2.27. The van der Waals surface area contributed by atoms with Gasteiger partial charge in [-0.2, -0.15) is 0 Å². The maximum atomic E-state index is 12.2. The number of hydrogen-bond acceptors (Lipinski definition) is 5. The van der Waals surface area contributed by atoms with Crippen molar-refractivity contribution in [3.05, 3.63) is 81.2 Å². The van der Waals surface area contributed by atoms with Crippen molar-refractivity contribution in [1.29, 1.82) is 0 Å². The molecule has 1 aromatic heterocycles. The molecule has 0 atom stereocenters. The number of hydrogen-bond donors (Lipinski definition) is 0. The van der Waals surface area contributed by atoms with E-state index < -0.39 is 11.6 Å². The summed E-state index contributed by atoms with van der Waals surface area (Å²) in [4.78, 5) is 24.1. The molecule has 3 aromatic rings. The predicted molar refractivity (Wildman–Crippen MR) is 113 cm³/mol. The van der Waals surface area contributed by atoms with Gasteiger partial charge in [0.1, 0.15) is 17.9 Å². The second-order valence-electron chi connectivity index (χ2n) is 7.13. The number of ether oxygens (including phenoxy) is 2.